The van der Waals surface area contributed by atoms with Crippen LogP contribution in [0, 0.1) is 0 Å². The highest BCUT2D eigenvalue weighted by molar-refractivity contribution is 7.89. The molecule has 1 aliphatic rings. The lowest BCUT2D eigenvalue weighted by Crippen LogP contribution is -2.30. The topological polar surface area (TPSA) is 46.6 Å². The molecule has 0 saturated heterocycles. The average Bonchev–Trinajstić information content (AvgIpc) is 3.14. The van der Waals surface area contributed by atoms with Crippen LogP contribution in [-0.2, 0) is 16.6 Å². The van der Waals surface area contributed by atoms with E-state index in [1.54, 1.807) is 24.3 Å². The molecule has 5 heteroatoms. The Morgan fingerprint density at radius 2 is 1.64 bits per heavy atom. The van der Waals surface area contributed by atoms with Crippen molar-refractivity contribution >= 4 is 10.0 Å². The van der Waals surface area contributed by atoms with Gasteiger partial charge in [0, 0.05) is 13.1 Å². The molecule has 1 aliphatic carbocycles. The zero-order valence-electron chi connectivity index (χ0n) is 14.6. The monoisotopic (exact) mass is 359 g/mol. The zero-order chi connectivity index (χ0) is 17.7. The van der Waals surface area contributed by atoms with Crippen molar-refractivity contribution in [1.82, 2.24) is 4.31 Å². The van der Waals surface area contributed by atoms with Crippen molar-refractivity contribution in [2.24, 2.45) is 0 Å². The predicted octanol–water partition coefficient (Wildman–Crippen LogP) is 4.22. The van der Waals surface area contributed by atoms with Crippen molar-refractivity contribution in [1.29, 1.82) is 0 Å². The molecule has 25 heavy (non-hydrogen) atoms. The van der Waals surface area contributed by atoms with Crippen molar-refractivity contribution in [2.75, 3.05) is 6.54 Å². The van der Waals surface area contributed by atoms with Gasteiger partial charge in [-0.3, -0.25) is 0 Å². The van der Waals surface area contributed by atoms with Crippen LogP contribution in [0.15, 0.2) is 59.5 Å². The smallest absolute Gasteiger partial charge is 0.243 e. The van der Waals surface area contributed by atoms with E-state index in [0.29, 0.717) is 18.0 Å². The molecule has 0 atom stereocenters. The largest absolute Gasteiger partial charge is 0.490 e. The van der Waals surface area contributed by atoms with E-state index in [4.69, 9.17) is 4.74 Å². The van der Waals surface area contributed by atoms with Crippen LogP contribution in [0.25, 0.3) is 0 Å². The highest BCUT2D eigenvalue weighted by Crippen LogP contribution is 2.26. The Kier molecular flexibility index (Phi) is 5.76. The van der Waals surface area contributed by atoms with Crippen molar-refractivity contribution in [3.05, 3.63) is 60.2 Å². The van der Waals surface area contributed by atoms with Gasteiger partial charge in [-0.2, -0.15) is 4.31 Å². The summed E-state index contributed by atoms with van der Waals surface area (Å²) >= 11 is 0. The second-order valence-electron chi connectivity index (χ2n) is 6.41. The predicted molar refractivity (Wildman–Crippen MR) is 99.0 cm³/mol. The average molecular weight is 359 g/mol. The minimum Gasteiger partial charge on any atom is -0.490 e. The molecule has 0 aliphatic heterocycles. The van der Waals surface area contributed by atoms with E-state index in [9.17, 15) is 8.42 Å². The van der Waals surface area contributed by atoms with Crippen molar-refractivity contribution < 1.29 is 13.2 Å². The van der Waals surface area contributed by atoms with E-state index in [0.717, 1.165) is 24.2 Å². The molecule has 0 spiro atoms. The van der Waals surface area contributed by atoms with E-state index in [2.05, 4.69) is 0 Å². The number of rotatable bonds is 7. The Labute approximate surface area is 150 Å². The minimum absolute atomic E-state index is 0.271. The molecule has 134 valence electrons. The lowest BCUT2D eigenvalue weighted by molar-refractivity contribution is 0.210. The summed E-state index contributed by atoms with van der Waals surface area (Å²) < 4.78 is 33.2. The van der Waals surface area contributed by atoms with Crippen molar-refractivity contribution in [3.8, 4) is 5.75 Å². The number of ether oxygens (including phenoxy) is 1. The summed E-state index contributed by atoms with van der Waals surface area (Å²) in [5.74, 6) is 0.747. The fourth-order valence-corrected chi connectivity index (χ4v) is 4.63. The minimum atomic E-state index is -3.52. The Bertz CT molecular complexity index is 766. The maximum absolute atomic E-state index is 12.9. The van der Waals surface area contributed by atoms with Gasteiger partial charge in [0.25, 0.3) is 0 Å². The zero-order valence-corrected chi connectivity index (χ0v) is 15.4. The summed E-state index contributed by atoms with van der Waals surface area (Å²) in [7, 11) is -3.52. The molecule has 1 fully saturated rings. The summed E-state index contributed by atoms with van der Waals surface area (Å²) in [6.07, 6.45) is 4.86. The van der Waals surface area contributed by atoms with Gasteiger partial charge in [-0.25, -0.2) is 8.42 Å². The fourth-order valence-electron chi connectivity index (χ4n) is 3.19. The summed E-state index contributed by atoms with van der Waals surface area (Å²) in [5, 5.41) is 0. The van der Waals surface area contributed by atoms with Crippen LogP contribution in [-0.4, -0.2) is 25.4 Å². The molecule has 2 aromatic carbocycles. The van der Waals surface area contributed by atoms with Crippen LogP contribution in [0.3, 0.4) is 0 Å². The second-order valence-corrected chi connectivity index (χ2v) is 8.35. The van der Waals surface area contributed by atoms with Gasteiger partial charge in [0.05, 0.1) is 11.0 Å². The van der Waals surface area contributed by atoms with Gasteiger partial charge < -0.3 is 4.74 Å². The highest BCUT2D eigenvalue weighted by atomic mass is 32.2. The third kappa shape index (κ3) is 4.41. The van der Waals surface area contributed by atoms with E-state index >= 15 is 0 Å². The molecule has 3 rings (SSSR count). The molecule has 2 aromatic rings. The Morgan fingerprint density at radius 3 is 2.24 bits per heavy atom. The van der Waals surface area contributed by atoms with E-state index < -0.39 is 10.0 Å². The van der Waals surface area contributed by atoms with Crippen LogP contribution < -0.4 is 4.74 Å². The molecule has 0 bridgehead atoms. The second kappa shape index (κ2) is 8.02. The molecule has 0 radical (unpaired) electrons. The number of sulfonamides is 1. The maximum Gasteiger partial charge on any atom is 0.243 e. The molecule has 0 aromatic heterocycles. The highest BCUT2D eigenvalue weighted by Gasteiger charge is 2.23. The Morgan fingerprint density at radius 1 is 1.00 bits per heavy atom. The number of hydrogen-bond donors (Lipinski definition) is 0. The quantitative estimate of drug-likeness (QED) is 0.744. The first-order valence-electron chi connectivity index (χ1n) is 8.90. The number of nitrogens with zero attached hydrogens (tertiary/aromatic N) is 1. The Hall–Kier alpha value is -1.85. The molecule has 1 saturated carbocycles. The molecular formula is C20H25NO3S. The van der Waals surface area contributed by atoms with Gasteiger partial charge in [-0.15, -0.1) is 0 Å². The molecule has 0 amide bonds. The van der Waals surface area contributed by atoms with E-state index in [-0.39, 0.29) is 6.10 Å². The van der Waals surface area contributed by atoms with Gasteiger partial charge >= 0.3 is 0 Å². The summed E-state index contributed by atoms with van der Waals surface area (Å²) in [5.41, 5.74) is 0.981. The summed E-state index contributed by atoms with van der Waals surface area (Å²) in [6, 6.07) is 16.5. The lowest BCUT2D eigenvalue weighted by Gasteiger charge is -2.21. The standard InChI is InChI=1S/C20H25NO3S/c1-2-21(16-17-8-4-3-5-9-17)25(22,23)20-14-12-19(13-15-20)24-18-10-6-7-11-18/h3-5,8-9,12-15,18H,2,6-7,10-11,16H2,1H3. The first kappa shape index (κ1) is 18.0. The van der Waals surface area contributed by atoms with E-state index in [1.165, 1.54) is 17.1 Å². The van der Waals surface area contributed by atoms with Crippen LogP contribution in [0.2, 0.25) is 0 Å². The summed E-state index contributed by atoms with van der Waals surface area (Å²) in [4.78, 5) is 0.309. The van der Waals surface area contributed by atoms with Crippen molar-refractivity contribution in [2.45, 2.75) is 50.2 Å². The molecule has 0 unspecified atom stereocenters. The van der Waals surface area contributed by atoms with Crippen LogP contribution in [0.4, 0.5) is 0 Å². The number of benzene rings is 2. The van der Waals surface area contributed by atoms with Gasteiger partial charge in [0.2, 0.25) is 10.0 Å². The molecule has 0 heterocycles. The fraction of sp³-hybridized carbons (Fsp3) is 0.400. The van der Waals surface area contributed by atoms with E-state index in [1.807, 2.05) is 37.3 Å². The Balaban J connectivity index is 1.73. The lowest BCUT2D eigenvalue weighted by atomic mass is 10.2. The first-order valence-corrected chi connectivity index (χ1v) is 10.3. The summed E-state index contributed by atoms with van der Waals surface area (Å²) in [6.45, 7) is 2.66. The maximum atomic E-state index is 12.9. The third-order valence-corrected chi connectivity index (χ3v) is 6.56. The SMILES string of the molecule is CCN(Cc1ccccc1)S(=O)(=O)c1ccc(OC2CCCC2)cc1. The van der Waals surface area contributed by atoms with Gasteiger partial charge in [-0.05, 0) is 55.5 Å². The van der Waals surface area contributed by atoms with Crippen LogP contribution in [0.1, 0.15) is 38.2 Å². The molecular weight excluding hydrogens is 334 g/mol. The van der Waals surface area contributed by atoms with Gasteiger partial charge in [0.1, 0.15) is 5.75 Å². The van der Waals surface area contributed by atoms with Crippen LogP contribution >= 0.6 is 0 Å². The van der Waals surface area contributed by atoms with Gasteiger partial charge in [-0.1, -0.05) is 37.3 Å². The van der Waals surface area contributed by atoms with Crippen LogP contribution in [0.5, 0.6) is 5.75 Å². The molecule has 4 nitrogen and oxygen atoms in total. The first-order chi connectivity index (χ1) is 12.1. The van der Waals surface area contributed by atoms with Crippen molar-refractivity contribution in [3.63, 3.8) is 0 Å². The number of hydrogen-bond acceptors (Lipinski definition) is 3. The molecule has 0 N–H and O–H groups in total. The third-order valence-electron chi connectivity index (χ3n) is 4.62. The normalized spacial score (nSPS) is 15.6. The van der Waals surface area contributed by atoms with Gasteiger partial charge in [0.15, 0.2) is 0 Å².